The van der Waals surface area contributed by atoms with Gasteiger partial charge in [-0.05, 0) is 54.6 Å². The van der Waals surface area contributed by atoms with Crippen LogP contribution < -0.4 is 10.1 Å². The molecule has 0 saturated carbocycles. The molecule has 0 heterocycles. The zero-order chi connectivity index (χ0) is 16.7. The first-order valence-electron chi connectivity index (χ1n) is 7.42. The molecule has 0 saturated heterocycles. The van der Waals surface area contributed by atoms with Crippen molar-refractivity contribution in [3.8, 4) is 5.75 Å². The Bertz CT molecular complexity index is 702. The molecule has 0 aliphatic carbocycles. The van der Waals surface area contributed by atoms with Gasteiger partial charge in [-0.2, -0.15) is 0 Å². The van der Waals surface area contributed by atoms with Crippen LogP contribution in [-0.4, -0.2) is 12.9 Å². The SMILES string of the molecule is COc1ccccc1CN=C(NC=C(C)C)c1ccc(I)cc1. The van der Waals surface area contributed by atoms with Gasteiger partial charge in [-0.15, -0.1) is 0 Å². The van der Waals surface area contributed by atoms with Gasteiger partial charge in [0, 0.05) is 20.9 Å². The molecule has 23 heavy (non-hydrogen) atoms. The van der Waals surface area contributed by atoms with Crippen LogP contribution in [0.5, 0.6) is 5.75 Å². The fourth-order valence-electron chi connectivity index (χ4n) is 2.04. The maximum atomic E-state index is 5.39. The van der Waals surface area contributed by atoms with Gasteiger partial charge in [0.25, 0.3) is 0 Å². The summed E-state index contributed by atoms with van der Waals surface area (Å²) in [6.45, 7) is 4.67. The highest BCUT2D eigenvalue weighted by molar-refractivity contribution is 14.1. The van der Waals surface area contributed by atoms with Gasteiger partial charge >= 0.3 is 0 Å². The van der Waals surface area contributed by atoms with E-state index in [-0.39, 0.29) is 0 Å². The van der Waals surface area contributed by atoms with Crippen molar-refractivity contribution >= 4 is 28.4 Å². The van der Waals surface area contributed by atoms with E-state index in [0.717, 1.165) is 22.7 Å². The van der Waals surface area contributed by atoms with Gasteiger partial charge in [0.05, 0.1) is 13.7 Å². The monoisotopic (exact) mass is 420 g/mol. The molecular formula is C19H21IN2O. The maximum Gasteiger partial charge on any atom is 0.132 e. The average molecular weight is 420 g/mol. The van der Waals surface area contributed by atoms with Crippen LogP contribution in [0.3, 0.4) is 0 Å². The quantitative estimate of drug-likeness (QED) is 0.430. The number of hydrogen-bond donors (Lipinski definition) is 1. The average Bonchev–Trinajstić information content (AvgIpc) is 2.56. The van der Waals surface area contributed by atoms with Crippen LogP contribution in [0.2, 0.25) is 0 Å². The van der Waals surface area contributed by atoms with Crippen molar-refractivity contribution in [2.24, 2.45) is 4.99 Å². The second kappa shape index (κ2) is 8.72. The van der Waals surface area contributed by atoms with Crippen molar-refractivity contribution in [1.82, 2.24) is 5.32 Å². The Morgan fingerprint density at radius 1 is 1.13 bits per heavy atom. The number of rotatable bonds is 5. The Kier molecular flexibility index (Phi) is 6.65. The molecule has 0 atom stereocenters. The molecule has 2 rings (SSSR count). The van der Waals surface area contributed by atoms with E-state index in [2.05, 4.69) is 66.0 Å². The number of para-hydroxylation sites is 1. The van der Waals surface area contributed by atoms with Gasteiger partial charge in [0.2, 0.25) is 0 Å². The van der Waals surface area contributed by atoms with E-state index < -0.39 is 0 Å². The number of methoxy groups -OCH3 is 1. The fourth-order valence-corrected chi connectivity index (χ4v) is 2.40. The van der Waals surface area contributed by atoms with E-state index in [0.29, 0.717) is 6.54 Å². The Morgan fingerprint density at radius 3 is 2.48 bits per heavy atom. The van der Waals surface area contributed by atoms with Crippen molar-refractivity contribution in [3.05, 3.63) is 75.0 Å². The first kappa shape index (κ1) is 17.5. The zero-order valence-corrected chi connectivity index (χ0v) is 15.8. The molecule has 0 unspecified atom stereocenters. The summed E-state index contributed by atoms with van der Waals surface area (Å²) < 4.78 is 6.60. The van der Waals surface area contributed by atoms with E-state index >= 15 is 0 Å². The summed E-state index contributed by atoms with van der Waals surface area (Å²) >= 11 is 2.30. The molecule has 1 N–H and O–H groups in total. The van der Waals surface area contributed by atoms with E-state index in [1.54, 1.807) is 7.11 Å². The first-order valence-corrected chi connectivity index (χ1v) is 8.50. The third-order valence-electron chi connectivity index (χ3n) is 3.22. The second-order valence-corrected chi connectivity index (χ2v) is 6.60. The molecule has 0 radical (unpaired) electrons. The third-order valence-corrected chi connectivity index (χ3v) is 3.93. The number of aliphatic imine (C=N–C) groups is 1. The standard InChI is InChI=1S/C19H21IN2O/c1-14(2)12-21-19(15-8-10-17(20)11-9-15)22-13-16-6-4-5-7-18(16)23-3/h4-12H,13H2,1-3H3,(H,21,22). The summed E-state index contributed by atoms with van der Waals surface area (Å²) in [6, 6.07) is 16.3. The third kappa shape index (κ3) is 5.39. The molecule has 0 aromatic heterocycles. The van der Waals surface area contributed by atoms with Crippen molar-refractivity contribution in [3.63, 3.8) is 0 Å². The van der Waals surface area contributed by atoms with Crippen LogP contribution in [0.4, 0.5) is 0 Å². The number of hydrogen-bond acceptors (Lipinski definition) is 2. The summed E-state index contributed by atoms with van der Waals surface area (Å²) in [5.41, 5.74) is 3.33. The fraction of sp³-hybridized carbons (Fsp3) is 0.211. The van der Waals surface area contributed by atoms with Crippen molar-refractivity contribution in [2.75, 3.05) is 7.11 Å². The van der Waals surface area contributed by atoms with E-state index in [1.165, 1.54) is 9.14 Å². The summed E-state index contributed by atoms with van der Waals surface area (Å²) in [7, 11) is 1.68. The number of allylic oxidation sites excluding steroid dienone is 1. The first-order chi connectivity index (χ1) is 11.1. The molecule has 120 valence electrons. The summed E-state index contributed by atoms with van der Waals surface area (Å²) in [5.74, 6) is 1.72. The summed E-state index contributed by atoms with van der Waals surface area (Å²) in [6.07, 6.45) is 1.97. The number of halogens is 1. The van der Waals surface area contributed by atoms with E-state index in [4.69, 9.17) is 9.73 Å². The normalized spacial score (nSPS) is 11.0. The molecule has 0 aliphatic rings. The largest absolute Gasteiger partial charge is 0.496 e. The highest BCUT2D eigenvalue weighted by Crippen LogP contribution is 2.18. The molecule has 0 spiro atoms. The number of nitrogens with one attached hydrogen (secondary N) is 1. The predicted molar refractivity (Wildman–Crippen MR) is 105 cm³/mol. The van der Waals surface area contributed by atoms with Crippen LogP contribution >= 0.6 is 22.6 Å². The molecule has 2 aromatic rings. The summed E-state index contributed by atoms with van der Waals surface area (Å²) in [5, 5.41) is 3.31. The van der Waals surface area contributed by atoms with Gasteiger partial charge in [0.1, 0.15) is 11.6 Å². The lowest BCUT2D eigenvalue weighted by atomic mass is 10.2. The zero-order valence-electron chi connectivity index (χ0n) is 13.6. The molecular weight excluding hydrogens is 399 g/mol. The van der Waals surface area contributed by atoms with Crippen LogP contribution in [0.1, 0.15) is 25.0 Å². The Labute approximate surface area is 151 Å². The molecule has 2 aromatic carbocycles. The van der Waals surface area contributed by atoms with E-state index in [9.17, 15) is 0 Å². The number of benzene rings is 2. The molecule has 4 heteroatoms. The lowest BCUT2D eigenvalue weighted by Crippen LogP contribution is -2.19. The molecule has 0 amide bonds. The molecule has 0 bridgehead atoms. The minimum atomic E-state index is 0.564. The summed E-state index contributed by atoms with van der Waals surface area (Å²) in [4.78, 5) is 4.75. The smallest absolute Gasteiger partial charge is 0.132 e. The van der Waals surface area contributed by atoms with Crippen molar-refractivity contribution in [2.45, 2.75) is 20.4 Å². The maximum absolute atomic E-state index is 5.39. The minimum Gasteiger partial charge on any atom is -0.496 e. The van der Waals surface area contributed by atoms with Gasteiger partial charge in [-0.25, -0.2) is 0 Å². The highest BCUT2D eigenvalue weighted by Gasteiger charge is 2.04. The van der Waals surface area contributed by atoms with Crippen molar-refractivity contribution < 1.29 is 4.74 Å². The lowest BCUT2D eigenvalue weighted by Gasteiger charge is -2.10. The number of ether oxygens (including phenoxy) is 1. The second-order valence-electron chi connectivity index (χ2n) is 5.35. The van der Waals surface area contributed by atoms with Gasteiger partial charge in [0.15, 0.2) is 0 Å². The Balaban J connectivity index is 2.29. The predicted octanol–water partition coefficient (Wildman–Crippen LogP) is 4.76. The van der Waals surface area contributed by atoms with Gasteiger partial charge in [-0.3, -0.25) is 4.99 Å². The topological polar surface area (TPSA) is 33.6 Å². The number of nitrogens with zero attached hydrogens (tertiary/aromatic N) is 1. The van der Waals surface area contributed by atoms with Gasteiger partial charge in [-0.1, -0.05) is 35.9 Å². The van der Waals surface area contributed by atoms with Crippen LogP contribution in [0.15, 0.2) is 65.3 Å². The van der Waals surface area contributed by atoms with Crippen LogP contribution in [-0.2, 0) is 6.54 Å². The molecule has 0 fully saturated rings. The lowest BCUT2D eigenvalue weighted by molar-refractivity contribution is 0.410. The van der Waals surface area contributed by atoms with E-state index in [1.807, 2.05) is 30.5 Å². The highest BCUT2D eigenvalue weighted by atomic mass is 127. The minimum absolute atomic E-state index is 0.564. The Hall–Kier alpha value is -1.82. The number of amidine groups is 1. The van der Waals surface area contributed by atoms with Crippen molar-refractivity contribution in [1.29, 1.82) is 0 Å². The van der Waals surface area contributed by atoms with Gasteiger partial charge < -0.3 is 10.1 Å². The molecule has 0 aliphatic heterocycles. The Morgan fingerprint density at radius 2 is 1.83 bits per heavy atom. The molecule has 3 nitrogen and oxygen atoms in total. The van der Waals surface area contributed by atoms with Crippen LogP contribution in [0.25, 0.3) is 0 Å². The van der Waals surface area contributed by atoms with Crippen LogP contribution in [0, 0.1) is 3.57 Å².